The summed E-state index contributed by atoms with van der Waals surface area (Å²) in [5, 5.41) is 4.52. The minimum atomic E-state index is -0.263. The average Bonchev–Trinajstić information content (AvgIpc) is 2.72. The first-order valence-electron chi connectivity index (χ1n) is 6.70. The van der Waals surface area contributed by atoms with E-state index in [4.69, 9.17) is 0 Å². The minimum Gasteiger partial charge on any atom is -0.292 e. The number of aromatic nitrogens is 2. The van der Waals surface area contributed by atoms with E-state index in [0.29, 0.717) is 0 Å². The Hall–Kier alpha value is -1.90. The first-order valence-corrected chi connectivity index (χ1v) is 6.70. The Bertz CT molecular complexity index is 584. The van der Waals surface area contributed by atoms with Crippen molar-refractivity contribution in [2.24, 2.45) is 0 Å². The van der Waals surface area contributed by atoms with Crippen molar-refractivity contribution in [1.82, 2.24) is 9.78 Å². The molecule has 0 bridgehead atoms. The number of benzene rings is 1. The topological polar surface area (TPSA) is 34.9 Å². The van der Waals surface area contributed by atoms with Gasteiger partial charge in [-0.1, -0.05) is 37.3 Å². The quantitative estimate of drug-likeness (QED) is 0.785. The Balaban J connectivity index is 2.35. The van der Waals surface area contributed by atoms with Crippen molar-refractivity contribution in [3.05, 3.63) is 52.8 Å². The largest absolute Gasteiger partial charge is 0.292 e. The third-order valence-corrected chi connectivity index (χ3v) is 3.63. The first-order chi connectivity index (χ1) is 9.06. The lowest BCUT2D eigenvalue weighted by Crippen LogP contribution is -2.19. The lowest BCUT2D eigenvalue weighted by Gasteiger charge is -2.13. The van der Waals surface area contributed by atoms with Gasteiger partial charge in [0.2, 0.25) is 0 Å². The summed E-state index contributed by atoms with van der Waals surface area (Å²) in [6.45, 7) is 8.06. The third kappa shape index (κ3) is 2.46. The van der Waals surface area contributed by atoms with Crippen molar-refractivity contribution in [3.63, 3.8) is 0 Å². The van der Waals surface area contributed by atoms with Gasteiger partial charge in [-0.15, -0.1) is 0 Å². The number of rotatable bonds is 4. The van der Waals surface area contributed by atoms with Gasteiger partial charge in [0, 0.05) is 11.3 Å². The Kier molecular flexibility index (Phi) is 3.84. The molecule has 0 fully saturated rings. The molecule has 0 aliphatic carbocycles. The lowest BCUT2D eigenvalue weighted by molar-refractivity contribution is 0.0926. The van der Waals surface area contributed by atoms with Crippen LogP contribution in [0.1, 0.15) is 47.2 Å². The zero-order valence-corrected chi connectivity index (χ0v) is 12.0. The number of carbonyl (C=O) groups excluding carboxylic acids is 1. The van der Waals surface area contributed by atoms with Crippen LogP contribution in [0, 0.1) is 13.8 Å². The van der Waals surface area contributed by atoms with E-state index in [2.05, 4.69) is 12.0 Å². The molecule has 0 saturated heterocycles. The Labute approximate surface area is 114 Å². The number of Topliss-reactive ketones (excluding diaryl/α,β-unsaturated/α-hetero) is 1. The van der Waals surface area contributed by atoms with Crippen LogP contribution in [0.5, 0.6) is 0 Å². The van der Waals surface area contributed by atoms with Gasteiger partial charge in [-0.25, -0.2) is 0 Å². The molecule has 0 N–H and O–H groups in total. The summed E-state index contributed by atoms with van der Waals surface area (Å²) in [6.07, 6.45) is 0.948. The van der Waals surface area contributed by atoms with Crippen LogP contribution in [-0.2, 0) is 6.42 Å². The molecule has 0 aliphatic rings. The maximum Gasteiger partial charge on any atom is 0.187 e. The van der Waals surface area contributed by atoms with Crippen LogP contribution in [0.15, 0.2) is 30.3 Å². The van der Waals surface area contributed by atoms with Crippen molar-refractivity contribution in [2.75, 3.05) is 0 Å². The summed E-state index contributed by atoms with van der Waals surface area (Å²) in [4.78, 5) is 12.4. The van der Waals surface area contributed by atoms with E-state index in [1.165, 1.54) is 5.56 Å². The SMILES string of the molecule is CCc1c(C)nn(C(C)C(=O)c2ccccc2)c1C. The number of nitrogens with zero attached hydrogens (tertiary/aromatic N) is 2. The van der Waals surface area contributed by atoms with E-state index in [1.54, 1.807) is 0 Å². The molecule has 1 unspecified atom stereocenters. The molecule has 0 aliphatic heterocycles. The summed E-state index contributed by atoms with van der Waals surface area (Å²) in [7, 11) is 0. The molecule has 2 aromatic rings. The summed E-state index contributed by atoms with van der Waals surface area (Å²) >= 11 is 0. The number of ketones is 1. The molecule has 0 spiro atoms. The molecule has 3 heteroatoms. The second-order valence-electron chi connectivity index (χ2n) is 4.85. The van der Waals surface area contributed by atoms with Crippen molar-refractivity contribution in [2.45, 2.75) is 40.2 Å². The predicted molar refractivity (Wildman–Crippen MR) is 76.6 cm³/mol. The fourth-order valence-corrected chi connectivity index (χ4v) is 2.54. The van der Waals surface area contributed by atoms with Crippen LogP contribution >= 0.6 is 0 Å². The molecule has 100 valence electrons. The lowest BCUT2D eigenvalue weighted by atomic mass is 10.1. The molecule has 19 heavy (non-hydrogen) atoms. The molecule has 1 aromatic carbocycles. The molecule has 0 amide bonds. The molecule has 0 radical (unpaired) electrons. The van der Waals surface area contributed by atoms with E-state index in [0.717, 1.165) is 23.4 Å². The smallest absolute Gasteiger partial charge is 0.187 e. The molecule has 2 rings (SSSR count). The average molecular weight is 256 g/mol. The van der Waals surface area contributed by atoms with Gasteiger partial charge >= 0.3 is 0 Å². The van der Waals surface area contributed by atoms with Gasteiger partial charge < -0.3 is 0 Å². The van der Waals surface area contributed by atoms with Crippen molar-refractivity contribution < 1.29 is 4.79 Å². The zero-order valence-electron chi connectivity index (χ0n) is 12.0. The zero-order chi connectivity index (χ0) is 14.0. The molecule has 3 nitrogen and oxygen atoms in total. The summed E-state index contributed by atoms with van der Waals surface area (Å²) < 4.78 is 1.85. The molecule has 0 saturated carbocycles. The van der Waals surface area contributed by atoms with E-state index in [1.807, 2.05) is 55.8 Å². The Morgan fingerprint density at radius 3 is 2.42 bits per heavy atom. The third-order valence-electron chi connectivity index (χ3n) is 3.63. The van der Waals surface area contributed by atoms with Crippen molar-refractivity contribution in [3.8, 4) is 0 Å². The minimum absolute atomic E-state index is 0.105. The highest BCUT2D eigenvalue weighted by atomic mass is 16.1. The molecular formula is C16H20N2O. The van der Waals surface area contributed by atoms with Crippen LogP contribution in [0.25, 0.3) is 0 Å². The van der Waals surface area contributed by atoms with Gasteiger partial charge in [-0.2, -0.15) is 5.10 Å². The maximum atomic E-state index is 12.4. The highest BCUT2D eigenvalue weighted by Crippen LogP contribution is 2.20. The molecule has 1 heterocycles. The van der Waals surface area contributed by atoms with Crippen LogP contribution in [0.3, 0.4) is 0 Å². The van der Waals surface area contributed by atoms with E-state index >= 15 is 0 Å². The van der Waals surface area contributed by atoms with Crippen LogP contribution in [0.4, 0.5) is 0 Å². The van der Waals surface area contributed by atoms with Crippen LogP contribution in [-0.4, -0.2) is 15.6 Å². The highest BCUT2D eigenvalue weighted by Gasteiger charge is 2.21. The number of hydrogen-bond acceptors (Lipinski definition) is 2. The Morgan fingerprint density at radius 2 is 1.89 bits per heavy atom. The summed E-state index contributed by atoms with van der Waals surface area (Å²) in [5.41, 5.74) is 4.10. The van der Waals surface area contributed by atoms with Crippen LogP contribution < -0.4 is 0 Å². The Morgan fingerprint density at radius 1 is 1.26 bits per heavy atom. The van der Waals surface area contributed by atoms with E-state index < -0.39 is 0 Å². The standard InChI is InChI=1S/C16H20N2O/c1-5-15-11(2)17-18(12(15)3)13(4)16(19)14-9-7-6-8-10-14/h6-10,13H,5H2,1-4H3. The maximum absolute atomic E-state index is 12.4. The fourth-order valence-electron chi connectivity index (χ4n) is 2.54. The van der Waals surface area contributed by atoms with Crippen LogP contribution in [0.2, 0.25) is 0 Å². The summed E-state index contributed by atoms with van der Waals surface area (Å²) in [6, 6.07) is 9.13. The molecule has 1 aromatic heterocycles. The monoisotopic (exact) mass is 256 g/mol. The highest BCUT2D eigenvalue weighted by molar-refractivity contribution is 5.98. The van der Waals surface area contributed by atoms with Gasteiger partial charge in [0.05, 0.1) is 5.69 Å². The number of hydrogen-bond donors (Lipinski definition) is 0. The summed E-state index contributed by atoms with van der Waals surface area (Å²) in [5.74, 6) is 0.105. The fraction of sp³-hybridized carbons (Fsp3) is 0.375. The first kappa shape index (κ1) is 13.5. The molecule has 1 atom stereocenters. The second kappa shape index (κ2) is 5.39. The van der Waals surface area contributed by atoms with Gasteiger partial charge in [0.25, 0.3) is 0 Å². The van der Waals surface area contributed by atoms with Gasteiger partial charge in [-0.3, -0.25) is 9.48 Å². The van der Waals surface area contributed by atoms with Gasteiger partial charge in [0.1, 0.15) is 6.04 Å². The number of carbonyl (C=O) groups is 1. The molecular weight excluding hydrogens is 236 g/mol. The van der Waals surface area contributed by atoms with E-state index in [9.17, 15) is 4.79 Å². The predicted octanol–water partition coefficient (Wildman–Crippen LogP) is 3.51. The van der Waals surface area contributed by atoms with Crippen molar-refractivity contribution in [1.29, 1.82) is 0 Å². The van der Waals surface area contributed by atoms with E-state index in [-0.39, 0.29) is 11.8 Å². The second-order valence-corrected chi connectivity index (χ2v) is 4.85. The van der Waals surface area contributed by atoms with Gasteiger partial charge in [0.15, 0.2) is 5.78 Å². The van der Waals surface area contributed by atoms with Gasteiger partial charge in [-0.05, 0) is 32.8 Å². The normalized spacial score (nSPS) is 12.4. The van der Waals surface area contributed by atoms with Crippen molar-refractivity contribution >= 4 is 5.78 Å². The number of aryl methyl sites for hydroxylation is 1.